The minimum Gasteiger partial charge on any atom is -0.393 e. The molecule has 0 aliphatic rings. The summed E-state index contributed by atoms with van der Waals surface area (Å²) in [4.78, 5) is 4.11. The average Bonchev–Trinajstić information content (AvgIpc) is 3.24. The van der Waals surface area contributed by atoms with Crippen molar-refractivity contribution in [3.63, 3.8) is 0 Å². The lowest BCUT2D eigenvalue weighted by Gasteiger charge is -2.14. The lowest BCUT2D eigenvalue weighted by Crippen LogP contribution is -2.15. The summed E-state index contributed by atoms with van der Waals surface area (Å²) in [7, 11) is 0. The largest absolute Gasteiger partial charge is 0.393 e. The zero-order valence-corrected chi connectivity index (χ0v) is 16.1. The van der Waals surface area contributed by atoms with Crippen molar-refractivity contribution in [3.05, 3.63) is 77.9 Å². The molecule has 3 atom stereocenters. The molecule has 6 nitrogen and oxygen atoms in total. The Morgan fingerprint density at radius 3 is 2.10 bits per heavy atom. The zero-order valence-electron chi connectivity index (χ0n) is 16.1. The van der Waals surface area contributed by atoms with Crippen molar-refractivity contribution in [1.29, 1.82) is 0 Å². The number of nitrogens with zero attached hydrogens (tertiary/aromatic N) is 2. The molecule has 0 saturated heterocycles. The van der Waals surface area contributed by atoms with Gasteiger partial charge in [-0.3, -0.25) is 0 Å². The van der Waals surface area contributed by atoms with E-state index in [-0.39, 0.29) is 13.2 Å². The van der Waals surface area contributed by atoms with Gasteiger partial charge in [0, 0.05) is 18.0 Å². The Kier molecular flexibility index (Phi) is 6.81. The molecule has 0 spiro atoms. The molecule has 4 N–H and O–H groups in total. The first kappa shape index (κ1) is 20.8. The van der Waals surface area contributed by atoms with Crippen molar-refractivity contribution in [2.75, 3.05) is 13.2 Å². The fourth-order valence-electron chi connectivity index (χ4n) is 3.03. The zero-order chi connectivity index (χ0) is 20.8. The molecule has 3 rings (SSSR count). The van der Waals surface area contributed by atoms with Crippen molar-refractivity contribution >= 4 is 0 Å². The molecule has 1 aromatic heterocycles. The number of aliphatic hydroxyl groups is 4. The lowest BCUT2D eigenvalue weighted by molar-refractivity contribution is 0.0956. The number of hydrogen-bond donors (Lipinski definition) is 4. The molecule has 0 amide bonds. The summed E-state index contributed by atoms with van der Waals surface area (Å²) in [5, 5.41) is 38.2. The third-order valence-corrected chi connectivity index (χ3v) is 4.65. The van der Waals surface area contributed by atoms with Gasteiger partial charge in [-0.05, 0) is 35.7 Å². The Morgan fingerprint density at radius 1 is 0.931 bits per heavy atom. The summed E-state index contributed by atoms with van der Waals surface area (Å²) in [5.41, 5.74) is 3.47. The summed E-state index contributed by atoms with van der Waals surface area (Å²) in [6, 6.07) is 14.6. The average molecular weight is 392 g/mol. The quantitative estimate of drug-likeness (QED) is 0.482. The Balaban J connectivity index is 1.76. The molecule has 1 heterocycles. The van der Waals surface area contributed by atoms with Gasteiger partial charge >= 0.3 is 0 Å². The molecule has 0 bridgehead atoms. The third kappa shape index (κ3) is 4.91. The van der Waals surface area contributed by atoms with E-state index in [0.29, 0.717) is 11.4 Å². The van der Waals surface area contributed by atoms with Crippen LogP contribution in [0.4, 0.5) is 0 Å². The van der Waals surface area contributed by atoms with Gasteiger partial charge in [0.25, 0.3) is 0 Å². The molecule has 6 heteroatoms. The van der Waals surface area contributed by atoms with E-state index in [4.69, 9.17) is 5.11 Å². The maximum atomic E-state index is 9.78. The molecule has 0 radical (unpaired) electrons. The summed E-state index contributed by atoms with van der Waals surface area (Å²) < 4.78 is 1.67. The second kappa shape index (κ2) is 9.50. The van der Waals surface area contributed by atoms with Crippen LogP contribution in [0.25, 0.3) is 11.1 Å². The van der Waals surface area contributed by atoms with Crippen molar-refractivity contribution in [3.8, 4) is 23.0 Å². The Hall–Kier alpha value is -2.95. The van der Waals surface area contributed by atoms with Crippen LogP contribution in [-0.2, 0) is 0 Å². The predicted octanol–water partition coefficient (Wildman–Crippen LogP) is 2.21. The highest BCUT2D eigenvalue weighted by Crippen LogP contribution is 2.22. The van der Waals surface area contributed by atoms with Gasteiger partial charge in [0.2, 0.25) is 0 Å². The second-order valence-corrected chi connectivity index (χ2v) is 6.73. The number of hydrogen-bond acceptors (Lipinski definition) is 5. The monoisotopic (exact) mass is 392 g/mol. The molecule has 3 unspecified atom stereocenters. The maximum Gasteiger partial charge on any atom is 0.138 e. The number of imidazole rings is 1. The SMILES string of the molecule is CC(O)c1nccn1C(C#Cc1ccc(-c2ccc(C(O)CO)cc2)cc1)CO. The van der Waals surface area contributed by atoms with Gasteiger partial charge in [-0.2, -0.15) is 0 Å². The summed E-state index contributed by atoms with van der Waals surface area (Å²) >= 11 is 0. The first-order valence-corrected chi connectivity index (χ1v) is 9.36. The van der Waals surface area contributed by atoms with E-state index >= 15 is 0 Å². The van der Waals surface area contributed by atoms with E-state index in [1.165, 1.54) is 0 Å². The van der Waals surface area contributed by atoms with Crippen LogP contribution in [0.5, 0.6) is 0 Å². The molecule has 29 heavy (non-hydrogen) atoms. The number of aromatic nitrogens is 2. The first-order valence-electron chi connectivity index (χ1n) is 9.36. The number of rotatable bonds is 6. The van der Waals surface area contributed by atoms with E-state index in [9.17, 15) is 15.3 Å². The Bertz CT molecular complexity index is 982. The fourth-order valence-corrected chi connectivity index (χ4v) is 3.03. The highest BCUT2D eigenvalue weighted by atomic mass is 16.3. The van der Waals surface area contributed by atoms with Crippen LogP contribution in [-0.4, -0.2) is 43.2 Å². The second-order valence-electron chi connectivity index (χ2n) is 6.73. The topological polar surface area (TPSA) is 98.7 Å². The van der Waals surface area contributed by atoms with Crippen LogP contribution in [0.15, 0.2) is 60.9 Å². The maximum absolute atomic E-state index is 9.78. The minimum atomic E-state index is -0.869. The fraction of sp³-hybridized carbons (Fsp3) is 0.261. The van der Waals surface area contributed by atoms with Gasteiger partial charge < -0.3 is 25.0 Å². The van der Waals surface area contributed by atoms with Crippen LogP contribution in [0, 0.1) is 11.8 Å². The summed E-state index contributed by atoms with van der Waals surface area (Å²) in [6.07, 6.45) is 1.65. The summed E-state index contributed by atoms with van der Waals surface area (Å²) in [6.45, 7) is 1.13. The molecule has 0 fully saturated rings. The van der Waals surface area contributed by atoms with E-state index in [2.05, 4.69) is 16.8 Å². The minimum absolute atomic E-state index is 0.187. The van der Waals surface area contributed by atoms with Gasteiger partial charge in [0.05, 0.1) is 13.2 Å². The molecular formula is C23H24N2O4. The molecule has 150 valence electrons. The van der Waals surface area contributed by atoms with Gasteiger partial charge in [0.15, 0.2) is 0 Å². The van der Waals surface area contributed by atoms with Gasteiger partial charge in [-0.1, -0.05) is 48.2 Å². The molecule has 2 aromatic carbocycles. The Labute approximate surface area is 169 Å². The highest BCUT2D eigenvalue weighted by Gasteiger charge is 2.14. The van der Waals surface area contributed by atoms with E-state index in [0.717, 1.165) is 16.7 Å². The molecule has 3 aromatic rings. The van der Waals surface area contributed by atoms with Crippen molar-refractivity contribution < 1.29 is 20.4 Å². The van der Waals surface area contributed by atoms with Crippen LogP contribution < -0.4 is 0 Å². The van der Waals surface area contributed by atoms with Crippen LogP contribution in [0.1, 0.15) is 42.1 Å². The van der Waals surface area contributed by atoms with Crippen LogP contribution in [0.2, 0.25) is 0 Å². The van der Waals surface area contributed by atoms with E-state index in [1.807, 2.05) is 36.4 Å². The van der Waals surface area contributed by atoms with Crippen LogP contribution in [0.3, 0.4) is 0 Å². The summed E-state index contributed by atoms with van der Waals surface area (Å²) in [5.74, 6) is 6.55. The van der Waals surface area contributed by atoms with Crippen molar-refractivity contribution in [1.82, 2.24) is 9.55 Å². The standard InChI is InChI=1S/C23H24N2O4/c1-16(28)23-24-12-13-25(23)21(14-26)11-4-17-2-5-18(6-3-17)19-7-9-20(10-8-19)22(29)15-27/h2-3,5-10,12-13,16,21-22,26-29H,14-15H2,1H3. The van der Waals surface area contributed by atoms with Crippen molar-refractivity contribution in [2.45, 2.75) is 25.2 Å². The normalized spacial score (nSPS) is 14.0. The lowest BCUT2D eigenvalue weighted by atomic mass is 10.0. The molecule has 0 aliphatic carbocycles. The molecule has 0 saturated carbocycles. The third-order valence-electron chi connectivity index (χ3n) is 4.65. The first-order chi connectivity index (χ1) is 14.0. The van der Waals surface area contributed by atoms with Gasteiger partial charge in [-0.25, -0.2) is 4.98 Å². The molecule has 0 aliphatic heterocycles. The van der Waals surface area contributed by atoms with E-state index in [1.54, 1.807) is 36.0 Å². The Morgan fingerprint density at radius 2 is 1.55 bits per heavy atom. The number of benzene rings is 2. The van der Waals surface area contributed by atoms with Crippen LogP contribution >= 0.6 is 0 Å². The highest BCUT2D eigenvalue weighted by molar-refractivity contribution is 5.64. The van der Waals surface area contributed by atoms with Crippen molar-refractivity contribution in [2.24, 2.45) is 0 Å². The number of aliphatic hydroxyl groups excluding tert-OH is 4. The van der Waals surface area contributed by atoms with Gasteiger partial charge in [-0.15, -0.1) is 0 Å². The van der Waals surface area contributed by atoms with Gasteiger partial charge in [0.1, 0.15) is 24.1 Å². The smallest absolute Gasteiger partial charge is 0.138 e. The predicted molar refractivity (Wildman–Crippen MR) is 110 cm³/mol. The van der Waals surface area contributed by atoms with E-state index < -0.39 is 18.2 Å². The molecular weight excluding hydrogens is 368 g/mol.